The number of ether oxygens (including phenoxy) is 2. The van der Waals surface area contributed by atoms with Crippen LogP contribution in [0.3, 0.4) is 0 Å². The molecule has 34 heavy (non-hydrogen) atoms. The number of amides is 1. The fourth-order valence-electron chi connectivity index (χ4n) is 5.55. The Bertz CT molecular complexity index is 964. The zero-order valence-electron chi connectivity index (χ0n) is 20.1. The molecule has 0 bridgehead atoms. The van der Waals surface area contributed by atoms with Crippen molar-refractivity contribution in [3.05, 3.63) is 54.1 Å². The molecule has 7 heteroatoms. The minimum Gasteiger partial charge on any atom is -0.497 e. The predicted octanol–water partition coefficient (Wildman–Crippen LogP) is 2.40. The molecule has 182 valence electrons. The average molecular weight is 465 g/mol. The third-order valence-corrected chi connectivity index (χ3v) is 7.44. The number of nitrogens with one attached hydrogen (secondary N) is 1. The molecule has 0 aliphatic carbocycles. The molecule has 2 aromatic carbocycles. The first-order chi connectivity index (χ1) is 16.7. The van der Waals surface area contributed by atoms with Crippen molar-refractivity contribution in [2.24, 2.45) is 5.92 Å². The second-order valence-corrected chi connectivity index (χ2v) is 9.45. The Morgan fingerprint density at radius 1 is 1.09 bits per heavy atom. The van der Waals surface area contributed by atoms with Gasteiger partial charge in [0, 0.05) is 56.7 Å². The van der Waals surface area contributed by atoms with Gasteiger partial charge < -0.3 is 24.6 Å². The minimum atomic E-state index is -0.0733. The summed E-state index contributed by atoms with van der Waals surface area (Å²) in [4.78, 5) is 20.7. The molecule has 2 saturated heterocycles. The molecule has 2 fully saturated rings. The van der Waals surface area contributed by atoms with E-state index in [4.69, 9.17) is 9.47 Å². The molecule has 1 amide bonds. The van der Waals surface area contributed by atoms with E-state index in [2.05, 4.69) is 62.5 Å². The Morgan fingerprint density at radius 3 is 2.71 bits per heavy atom. The average Bonchev–Trinajstić information content (AvgIpc) is 2.91. The summed E-state index contributed by atoms with van der Waals surface area (Å²) < 4.78 is 10.9. The molecule has 0 radical (unpaired) electrons. The number of rotatable bonds is 7. The van der Waals surface area contributed by atoms with Gasteiger partial charge in [0.1, 0.15) is 5.75 Å². The van der Waals surface area contributed by atoms with Crippen LogP contribution in [0, 0.1) is 5.92 Å². The normalized spacial score (nSPS) is 22.6. The summed E-state index contributed by atoms with van der Waals surface area (Å²) in [6.45, 7) is 8.00. The van der Waals surface area contributed by atoms with Crippen LogP contribution in [0.5, 0.6) is 5.75 Å². The molecule has 0 spiro atoms. The fourth-order valence-corrected chi connectivity index (χ4v) is 5.55. The van der Waals surface area contributed by atoms with Crippen LogP contribution in [0.15, 0.2) is 48.5 Å². The van der Waals surface area contributed by atoms with Gasteiger partial charge >= 0.3 is 0 Å². The number of nitrogens with zero attached hydrogens (tertiary/aromatic N) is 3. The first-order valence-corrected chi connectivity index (χ1v) is 12.5. The smallest absolute Gasteiger partial charge is 0.225 e. The van der Waals surface area contributed by atoms with Gasteiger partial charge in [-0.2, -0.15) is 0 Å². The number of morpholine rings is 1. The summed E-state index contributed by atoms with van der Waals surface area (Å²) in [6.07, 6.45) is 1.73. The van der Waals surface area contributed by atoms with Crippen LogP contribution < -0.4 is 19.9 Å². The van der Waals surface area contributed by atoms with E-state index < -0.39 is 0 Å². The van der Waals surface area contributed by atoms with E-state index in [1.54, 1.807) is 7.11 Å². The molecule has 5 rings (SSSR count). The summed E-state index contributed by atoms with van der Waals surface area (Å²) in [7, 11) is 1.71. The highest BCUT2D eigenvalue weighted by Gasteiger charge is 2.41. The molecule has 2 aromatic rings. The maximum atomic E-state index is 13.5. The monoisotopic (exact) mass is 464 g/mol. The maximum absolute atomic E-state index is 13.5. The predicted molar refractivity (Wildman–Crippen MR) is 135 cm³/mol. The van der Waals surface area contributed by atoms with Crippen molar-refractivity contribution >= 4 is 17.3 Å². The lowest BCUT2D eigenvalue weighted by Gasteiger charge is -2.49. The van der Waals surface area contributed by atoms with E-state index in [0.29, 0.717) is 0 Å². The zero-order chi connectivity index (χ0) is 23.3. The number of piperazine rings is 1. The SMILES string of the molecule is COc1ccc2c(c1)N1CCN(c3ccccc3)C[C@H]1[C@H](C(=O)NCCCN1CCOCC1)C2. The topological polar surface area (TPSA) is 57.3 Å². The fraction of sp³-hybridized carbons (Fsp3) is 0.519. The number of hydrogen-bond acceptors (Lipinski definition) is 6. The van der Waals surface area contributed by atoms with Gasteiger partial charge in [-0.3, -0.25) is 9.69 Å². The van der Waals surface area contributed by atoms with E-state index >= 15 is 0 Å². The Hall–Kier alpha value is -2.77. The van der Waals surface area contributed by atoms with Gasteiger partial charge in [-0.1, -0.05) is 24.3 Å². The van der Waals surface area contributed by atoms with Crippen LogP contribution in [0.1, 0.15) is 12.0 Å². The number of hydrogen-bond donors (Lipinski definition) is 1. The number of benzene rings is 2. The summed E-state index contributed by atoms with van der Waals surface area (Å²) in [6, 6.07) is 17.0. The van der Waals surface area contributed by atoms with Crippen molar-refractivity contribution in [2.75, 3.05) is 75.9 Å². The molecule has 3 aliphatic heterocycles. The summed E-state index contributed by atoms with van der Waals surface area (Å²) >= 11 is 0. The van der Waals surface area contributed by atoms with Crippen molar-refractivity contribution in [1.82, 2.24) is 10.2 Å². The second kappa shape index (κ2) is 10.7. The first kappa shape index (κ1) is 23.0. The van der Waals surface area contributed by atoms with Gasteiger partial charge in [0.05, 0.1) is 32.3 Å². The number of anilines is 2. The van der Waals surface area contributed by atoms with Crippen LogP contribution in [0.2, 0.25) is 0 Å². The van der Waals surface area contributed by atoms with Gasteiger partial charge in [-0.25, -0.2) is 0 Å². The maximum Gasteiger partial charge on any atom is 0.225 e. The van der Waals surface area contributed by atoms with Crippen molar-refractivity contribution in [3.8, 4) is 5.75 Å². The Kier molecular flexibility index (Phi) is 7.21. The van der Waals surface area contributed by atoms with Crippen LogP contribution in [0.25, 0.3) is 0 Å². The number of para-hydroxylation sites is 1. The molecular weight excluding hydrogens is 428 g/mol. The highest BCUT2D eigenvalue weighted by Crippen LogP contribution is 2.38. The Labute approximate surface area is 202 Å². The standard InChI is InChI=1S/C27H36N4O3/c1-33-23-9-8-21-18-24(27(32)28-10-5-11-29-14-16-34-17-15-29)26-20-30(22-6-3-2-4-7-22)12-13-31(26)25(21)19-23/h2-4,6-9,19,24,26H,5,10-18,20H2,1H3,(H,28,32)/t24-,26+/m1/s1. The van der Waals surface area contributed by atoms with Gasteiger partial charge in [0.2, 0.25) is 5.91 Å². The molecule has 1 N–H and O–H groups in total. The molecule has 7 nitrogen and oxygen atoms in total. The van der Waals surface area contributed by atoms with E-state index in [-0.39, 0.29) is 17.9 Å². The molecule has 0 aromatic heterocycles. The van der Waals surface area contributed by atoms with Crippen LogP contribution >= 0.6 is 0 Å². The molecule has 0 unspecified atom stereocenters. The van der Waals surface area contributed by atoms with Crippen molar-refractivity contribution in [1.29, 1.82) is 0 Å². The summed E-state index contributed by atoms with van der Waals surface area (Å²) in [5, 5.41) is 3.27. The molecule has 0 saturated carbocycles. The lowest BCUT2D eigenvalue weighted by molar-refractivity contribution is -0.125. The van der Waals surface area contributed by atoms with Gasteiger partial charge in [0.15, 0.2) is 0 Å². The molecular formula is C27H36N4O3. The highest BCUT2D eigenvalue weighted by atomic mass is 16.5. The number of carbonyl (C=O) groups excluding carboxylic acids is 1. The Morgan fingerprint density at radius 2 is 1.91 bits per heavy atom. The Balaban J connectivity index is 1.29. The van der Waals surface area contributed by atoms with Gasteiger partial charge in [-0.15, -0.1) is 0 Å². The first-order valence-electron chi connectivity index (χ1n) is 12.5. The second-order valence-electron chi connectivity index (χ2n) is 9.45. The number of methoxy groups -OCH3 is 1. The lowest BCUT2D eigenvalue weighted by Crippen LogP contribution is -2.61. The van der Waals surface area contributed by atoms with E-state index in [1.165, 1.54) is 16.9 Å². The van der Waals surface area contributed by atoms with Crippen molar-refractivity contribution in [3.63, 3.8) is 0 Å². The number of fused-ring (bicyclic) bond motifs is 3. The quantitative estimate of drug-likeness (QED) is 0.635. The third kappa shape index (κ3) is 5.00. The van der Waals surface area contributed by atoms with E-state index in [0.717, 1.165) is 77.6 Å². The molecule has 2 atom stereocenters. The molecule has 3 aliphatic rings. The minimum absolute atomic E-state index is 0.0733. The lowest BCUT2D eigenvalue weighted by atomic mass is 9.83. The van der Waals surface area contributed by atoms with Crippen LogP contribution in [0.4, 0.5) is 11.4 Å². The highest BCUT2D eigenvalue weighted by molar-refractivity contribution is 5.82. The van der Waals surface area contributed by atoms with Gasteiger partial charge in [0.25, 0.3) is 0 Å². The zero-order valence-corrected chi connectivity index (χ0v) is 20.1. The summed E-state index contributed by atoms with van der Waals surface area (Å²) in [5.41, 5.74) is 3.68. The van der Waals surface area contributed by atoms with Crippen molar-refractivity contribution in [2.45, 2.75) is 18.9 Å². The molecule has 3 heterocycles. The van der Waals surface area contributed by atoms with Crippen molar-refractivity contribution < 1.29 is 14.3 Å². The van der Waals surface area contributed by atoms with Crippen LogP contribution in [-0.2, 0) is 16.0 Å². The third-order valence-electron chi connectivity index (χ3n) is 7.44. The van der Waals surface area contributed by atoms with Crippen LogP contribution in [-0.4, -0.2) is 83.0 Å². The number of carbonyl (C=O) groups is 1. The van der Waals surface area contributed by atoms with Gasteiger partial charge in [-0.05, 0) is 43.1 Å². The van der Waals surface area contributed by atoms with E-state index in [1.807, 2.05) is 6.07 Å². The van der Waals surface area contributed by atoms with E-state index in [9.17, 15) is 4.79 Å². The summed E-state index contributed by atoms with van der Waals surface area (Å²) in [5.74, 6) is 0.971. The largest absolute Gasteiger partial charge is 0.497 e.